The molecule has 0 aliphatic carbocycles. The van der Waals surface area contributed by atoms with Gasteiger partial charge in [-0.3, -0.25) is 14.7 Å². The van der Waals surface area contributed by atoms with Gasteiger partial charge in [-0.05, 0) is 49.2 Å². The Morgan fingerprint density at radius 2 is 1.79 bits per heavy atom. The number of rotatable bonds is 5. The van der Waals surface area contributed by atoms with Crippen LogP contribution in [0.5, 0.6) is 0 Å². The van der Waals surface area contributed by atoms with E-state index in [1.54, 1.807) is 48.8 Å². The summed E-state index contributed by atoms with van der Waals surface area (Å²) in [5, 5.41) is 9.85. The molecule has 0 radical (unpaired) electrons. The fraction of sp³-hybridized carbons (Fsp3) is 0.208. The molecule has 0 amide bonds. The Morgan fingerprint density at radius 3 is 2.58 bits per heavy atom. The molecule has 5 rings (SSSR count). The van der Waals surface area contributed by atoms with Gasteiger partial charge in [-0.2, -0.15) is 0 Å². The van der Waals surface area contributed by atoms with Crippen LogP contribution in [0.1, 0.15) is 12.8 Å². The number of nitrogens with one attached hydrogen (secondary N) is 1. The molecule has 1 saturated heterocycles. The van der Waals surface area contributed by atoms with E-state index in [9.17, 15) is 13.5 Å². The minimum absolute atomic E-state index is 0.182. The van der Waals surface area contributed by atoms with Crippen molar-refractivity contribution in [2.75, 3.05) is 22.7 Å². The largest absolute Gasteiger partial charge is 0.393 e. The number of hydrogen-bond donors (Lipinski definition) is 2. The second kappa shape index (κ2) is 8.76. The van der Waals surface area contributed by atoms with Crippen molar-refractivity contribution in [2.24, 2.45) is 0 Å². The van der Waals surface area contributed by atoms with Gasteiger partial charge in [0.05, 0.1) is 39.8 Å². The van der Waals surface area contributed by atoms with Gasteiger partial charge in [0.25, 0.3) is 10.0 Å². The third-order valence-corrected chi connectivity index (χ3v) is 7.10. The van der Waals surface area contributed by atoms with Gasteiger partial charge >= 0.3 is 0 Å². The molecule has 0 spiro atoms. The van der Waals surface area contributed by atoms with Crippen molar-refractivity contribution >= 4 is 32.4 Å². The quantitative estimate of drug-likeness (QED) is 0.469. The smallest absolute Gasteiger partial charge is 0.261 e. The van der Waals surface area contributed by atoms with Crippen molar-refractivity contribution in [1.82, 2.24) is 15.0 Å². The van der Waals surface area contributed by atoms with Crippen LogP contribution < -0.4 is 9.62 Å². The van der Waals surface area contributed by atoms with E-state index in [2.05, 4.69) is 19.6 Å². The van der Waals surface area contributed by atoms with Gasteiger partial charge < -0.3 is 10.0 Å². The van der Waals surface area contributed by atoms with Crippen LogP contribution in [0, 0.1) is 0 Å². The van der Waals surface area contributed by atoms with E-state index in [0.717, 1.165) is 42.7 Å². The van der Waals surface area contributed by atoms with Crippen LogP contribution in [-0.2, 0) is 10.0 Å². The topological polar surface area (TPSA) is 108 Å². The average molecular weight is 462 g/mol. The fourth-order valence-electron chi connectivity index (χ4n) is 3.98. The number of benzene rings is 1. The minimum Gasteiger partial charge on any atom is -0.393 e. The molecule has 1 aliphatic rings. The van der Waals surface area contributed by atoms with E-state index in [1.807, 2.05) is 18.2 Å². The Balaban J connectivity index is 1.48. The predicted molar refractivity (Wildman–Crippen MR) is 127 cm³/mol. The normalized spacial score (nSPS) is 15.0. The number of anilines is 2. The summed E-state index contributed by atoms with van der Waals surface area (Å²) in [7, 11) is -3.72. The molecule has 9 heteroatoms. The van der Waals surface area contributed by atoms with Crippen LogP contribution in [-0.4, -0.2) is 47.7 Å². The Labute approximate surface area is 192 Å². The van der Waals surface area contributed by atoms with E-state index < -0.39 is 10.0 Å². The van der Waals surface area contributed by atoms with Gasteiger partial charge in [0.15, 0.2) is 0 Å². The average Bonchev–Trinajstić information content (AvgIpc) is 2.84. The lowest BCUT2D eigenvalue weighted by molar-refractivity contribution is 0.145. The number of piperidine rings is 1. The third-order valence-electron chi connectivity index (χ3n) is 5.71. The second-order valence-electron chi connectivity index (χ2n) is 7.99. The number of fused-ring (bicyclic) bond motifs is 1. The molecule has 1 aliphatic heterocycles. The van der Waals surface area contributed by atoms with Crippen molar-refractivity contribution < 1.29 is 13.5 Å². The first-order valence-electron chi connectivity index (χ1n) is 10.7. The molecule has 8 nitrogen and oxygen atoms in total. The molecule has 3 aromatic heterocycles. The number of aliphatic hydroxyl groups is 1. The molecular formula is C24H23N5O3S. The first kappa shape index (κ1) is 21.3. The highest BCUT2D eigenvalue weighted by molar-refractivity contribution is 7.92. The summed E-state index contributed by atoms with van der Waals surface area (Å²) in [6, 6.07) is 15.6. The van der Waals surface area contributed by atoms with E-state index in [4.69, 9.17) is 4.98 Å². The van der Waals surface area contributed by atoms with E-state index in [-0.39, 0.29) is 11.0 Å². The summed E-state index contributed by atoms with van der Waals surface area (Å²) in [4.78, 5) is 15.9. The predicted octanol–water partition coefficient (Wildman–Crippen LogP) is 3.45. The lowest BCUT2D eigenvalue weighted by Crippen LogP contribution is -2.36. The lowest BCUT2D eigenvalue weighted by atomic mass is 10.1. The molecule has 0 bridgehead atoms. The lowest BCUT2D eigenvalue weighted by Gasteiger charge is -2.31. The number of sulfonamides is 1. The van der Waals surface area contributed by atoms with Gasteiger partial charge in [0, 0.05) is 31.0 Å². The molecule has 33 heavy (non-hydrogen) atoms. The van der Waals surface area contributed by atoms with E-state index in [1.165, 1.54) is 6.20 Å². The zero-order chi connectivity index (χ0) is 22.8. The van der Waals surface area contributed by atoms with Crippen LogP contribution in [0.2, 0.25) is 0 Å². The van der Waals surface area contributed by atoms with E-state index >= 15 is 0 Å². The molecule has 168 valence electrons. The first-order chi connectivity index (χ1) is 16.0. The van der Waals surface area contributed by atoms with Gasteiger partial charge in [-0.1, -0.05) is 18.2 Å². The number of pyridine rings is 3. The van der Waals surface area contributed by atoms with Crippen molar-refractivity contribution in [1.29, 1.82) is 0 Å². The summed E-state index contributed by atoms with van der Waals surface area (Å²) in [6.07, 6.45) is 6.07. The molecule has 1 aromatic carbocycles. The Bertz CT molecular complexity index is 1390. The maximum absolute atomic E-state index is 12.7. The minimum atomic E-state index is -3.72. The van der Waals surface area contributed by atoms with Crippen LogP contribution in [0.25, 0.3) is 22.3 Å². The highest BCUT2D eigenvalue weighted by atomic mass is 32.2. The summed E-state index contributed by atoms with van der Waals surface area (Å²) in [5.41, 5.74) is 4.23. The van der Waals surface area contributed by atoms with Crippen molar-refractivity contribution in [3.63, 3.8) is 0 Å². The Kier molecular flexibility index (Phi) is 5.65. The third kappa shape index (κ3) is 4.50. The van der Waals surface area contributed by atoms with Crippen LogP contribution >= 0.6 is 0 Å². The molecule has 4 heterocycles. The molecule has 2 N–H and O–H groups in total. The molecular weight excluding hydrogens is 438 g/mol. The first-order valence-corrected chi connectivity index (χ1v) is 12.2. The highest BCUT2D eigenvalue weighted by Gasteiger charge is 2.20. The molecule has 0 saturated carbocycles. The highest BCUT2D eigenvalue weighted by Crippen LogP contribution is 2.29. The van der Waals surface area contributed by atoms with Crippen LogP contribution in [0.3, 0.4) is 0 Å². The second-order valence-corrected chi connectivity index (χ2v) is 9.68. The van der Waals surface area contributed by atoms with Gasteiger partial charge in [0.2, 0.25) is 0 Å². The van der Waals surface area contributed by atoms with Gasteiger partial charge in [0.1, 0.15) is 5.52 Å². The van der Waals surface area contributed by atoms with Crippen molar-refractivity contribution in [3.05, 3.63) is 73.2 Å². The monoisotopic (exact) mass is 461 g/mol. The molecule has 1 fully saturated rings. The maximum Gasteiger partial charge on any atom is 0.261 e. The standard InChI is InChI=1S/C24H23N5O3S/c30-19-9-12-29(13-10-19)23-8-11-26-22-7-6-21(27-24(22)23)17-14-18(16-25-15-17)28-33(31,32)20-4-2-1-3-5-20/h1-8,11,14-16,19,28,30H,9-10,12-13H2. The molecule has 4 aromatic rings. The SMILES string of the molecule is O=S(=O)(Nc1cncc(-c2ccc3nccc(N4CCC(O)CC4)c3n2)c1)c1ccccc1. The summed E-state index contributed by atoms with van der Waals surface area (Å²) in [5.74, 6) is 0. The van der Waals surface area contributed by atoms with Gasteiger partial charge in [-0.15, -0.1) is 0 Å². The van der Waals surface area contributed by atoms with Crippen LogP contribution in [0.15, 0.2) is 78.1 Å². The number of nitrogens with zero attached hydrogens (tertiary/aromatic N) is 4. The van der Waals surface area contributed by atoms with E-state index in [0.29, 0.717) is 16.9 Å². The van der Waals surface area contributed by atoms with Crippen molar-refractivity contribution in [3.8, 4) is 11.3 Å². The number of aliphatic hydroxyl groups excluding tert-OH is 1. The summed E-state index contributed by atoms with van der Waals surface area (Å²) >= 11 is 0. The zero-order valence-corrected chi connectivity index (χ0v) is 18.6. The van der Waals surface area contributed by atoms with Crippen LogP contribution in [0.4, 0.5) is 11.4 Å². The fourth-order valence-corrected chi connectivity index (χ4v) is 5.04. The summed E-state index contributed by atoms with van der Waals surface area (Å²) < 4.78 is 27.9. The molecule has 0 unspecified atom stereocenters. The number of aromatic nitrogens is 3. The molecule has 0 atom stereocenters. The van der Waals surface area contributed by atoms with Gasteiger partial charge in [-0.25, -0.2) is 13.4 Å². The van der Waals surface area contributed by atoms with Crippen molar-refractivity contribution in [2.45, 2.75) is 23.8 Å². The maximum atomic E-state index is 12.7. The zero-order valence-electron chi connectivity index (χ0n) is 17.8. The number of hydrogen-bond acceptors (Lipinski definition) is 7. The summed E-state index contributed by atoms with van der Waals surface area (Å²) in [6.45, 7) is 1.51. The Hall–Kier alpha value is -3.56. The Morgan fingerprint density at radius 1 is 1.00 bits per heavy atom.